The maximum atomic E-state index is 13.0. The van der Waals surface area contributed by atoms with Crippen LogP contribution in [0.5, 0.6) is 0 Å². The van der Waals surface area contributed by atoms with Crippen molar-refractivity contribution in [1.82, 2.24) is 15.0 Å². The minimum atomic E-state index is -0.397. The van der Waals surface area contributed by atoms with E-state index in [4.69, 9.17) is 5.73 Å². The number of nitrogen functional groups attached to an aromatic ring is 1. The molecule has 0 saturated carbocycles. The number of aryl methyl sites for hydroxylation is 1. The Hall–Kier alpha value is -2.04. The largest absolute Gasteiger partial charge is 0.383 e. The fourth-order valence-corrected chi connectivity index (χ4v) is 1.47. The maximum absolute atomic E-state index is 13.0. The Bertz CT molecular complexity index is 540. The van der Waals surface area contributed by atoms with Gasteiger partial charge in [0.1, 0.15) is 17.5 Å². The molecule has 0 bridgehead atoms. The average Bonchev–Trinajstić information content (AvgIpc) is 2.23. The molecule has 0 amide bonds. The van der Waals surface area contributed by atoms with Gasteiger partial charge in [0.25, 0.3) is 0 Å². The third-order valence-corrected chi connectivity index (χ3v) is 2.27. The predicted molar refractivity (Wildman–Crippen MR) is 59.1 cm³/mol. The molecule has 0 aliphatic rings. The summed E-state index contributed by atoms with van der Waals surface area (Å²) in [5.74, 6) is 0.570. The summed E-state index contributed by atoms with van der Waals surface area (Å²) in [5.41, 5.74) is 7.69. The van der Waals surface area contributed by atoms with Gasteiger partial charge in [-0.3, -0.25) is 4.98 Å². The minimum Gasteiger partial charge on any atom is -0.383 e. The van der Waals surface area contributed by atoms with E-state index in [-0.39, 0.29) is 0 Å². The van der Waals surface area contributed by atoms with Gasteiger partial charge in [0, 0.05) is 17.3 Å². The van der Waals surface area contributed by atoms with Gasteiger partial charge >= 0.3 is 0 Å². The first-order valence-electron chi connectivity index (χ1n) is 4.79. The second-order valence-electron chi connectivity index (χ2n) is 3.52. The minimum absolute atomic E-state index is 0.397. The number of pyridine rings is 1. The number of hydrogen-bond acceptors (Lipinski definition) is 4. The van der Waals surface area contributed by atoms with Crippen molar-refractivity contribution in [3.63, 3.8) is 0 Å². The molecule has 2 aromatic heterocycles. The second-order valence-corrected chi connectivity index (χ2v) is 3.52. The third-order valence-electron chi connectivity index (χ3n) is 2.27. The van der Waals surface area contributed by atoms with Crippen LogP contribution >= 0.6 is 0 Å². The van der Waals surface area contributed by atoms with Crippen LogP contribution in [0.2, 0.25) is 0 Å². The van der Waals surface area contributed by atoms with Gasteiger partial charge in [0.15, 0.2) is 0 Å². The van der Waals surface area contributed by atoms with E-state index in [1.165, 1.54) is 6.07 Å². The van der Waals surface area contributed by atoms with Gasteiger partial charge in [-0.1, -0.05) is 0 Å². The number of halogens is 1. The summed E-state index contributed by atoms with van der Waals surface area (Å²) < 4.78 is 13.0. The molecule has 0 aromatic carbocycles. The second kappa shape index (κ2) is 3.84. The molecule has 0 aliphatic heterocycles. The summed E-state index contributed by atoms with van der Waals surface area (Å²) in [7, 11) is 0. The Morgan fingerprint density at radius 3 is 2.62 bits per heavy atom. The first-order valence-corrected chi connectivity index (χ1v) is 4.79. The normalized spacial score (nSPS) is 10.4. The molecule has 0 saturated heterocycles. The SMILES string of the molecule is Cc1nc(N)c(C)c(-c2cncc(F)c2)n1. The molecule has 0 fully saturated rings. The van der Waals surface area contributed by atoms with E-state index in [1.807, 2.05) is 0 Å². The van der Waals surface area contributed by atoms with Crippen molar-refractivity contribution in [3.05, 3.63) is 35.7 Å². The van der Waals surface area contributed by atoms with Crippen LogP contribution in [0.3, 0.4) is 0 Å². The fraction of sp³-hybridized carbons (Fsp3) is 0.182. The van der Waals surface area contributed by atoms with E-state index in [2.05, 4.69) is 15.0 Å². The lowest BCUT2D eigenvalue weighted by Gasteiger charge is -2.07. The van der Waals surface area contributed by atoms with Crippen molar-refractivity contribution in [1.29, 1.82) is 0 Å². The number of anilines is 1. The van der Waals surface area contributed by atoms with E-state index >= 15 is 0 Å². The van der Waals surface area contributed by atoms with Crippen molar-refractivity contribution >= 4 is 5.82 Å². The molecule has 4 nitrogen and oxygen atoms in total. The number of hydrogen-bond donors (Lipinski definition) is 1. The summed E-state index contributed by atoms with van der Waals surface area (Å²) in [6.07, 6.45) is 2.70. The van der Waals surface area contributed by atoms with Crippen molar-refractivity contribution in [2.24, 2.45) is 0 Å². The Balaban J connectivity index is 2.64. The van der Waals surface area contributed by atoms with Gasteiger partial charge in [-0.25, -0.2) is 14.4 Å². The summed E-state index contributed by atoms with van der Waals surface area (Å²) >= 11 is 0. The molecule has 0 radical (unpaired) electrons. The van der Waals surface area contributed by atoms with Crippen LogP contribution in [0.25, 0.3) is 11.3 Å². The first kappa shape index (κ1) is 10.5. The third kappa shape index (κ3) is 1.84. The molecular weight excluding hydrogens is 207 g/mol. The fourth-order valence-electron chi connectivity index (χ4n) is 1.47. The predicted octanol–water partition coefficient (Wildman–Crippen LogP) is 1.88. The van der Waals surface area contributed by atoms with Gasteiger partial charge in [0.2, 0.25) is 0 Å². The molecule has 2 heterocycles. The highest BCUT2D eigenvalue weighted by Crippen LogP contribution is 2.23. The lowest BCUT2D eigenvalue weighted by molar-refractivity contribution is 0.622. The lowest BCUT2D eigenvalue weighted by Crippen LogP contribution is -2.02. The molecule has 0 unspecified atom stereocenters. The van der Waals surface area contributed by atoms with Crippen LogP contribution in [0.15, 0.2) is 18.5 Å². The van der Waals surface area contributed by atoms with E-state index in [1.54, 1.807) is 20.0 Å². The molecule has 0 atom stereocenters. The van der Waals surface area contributed by atoms with Gasteiger partial charge in [0.05, 0.1) is 11.9 Å². The van der Waals surface area contributed by atoms with Crippen LogP contribution in [-0.4, -0.2) is 15.0 Å². The van der Waals surface area contributed by atoms with Crippen molar-refractivity contribution in [2.75, 3.05) is 5.73 Å². The average molecular weight is 218 g/mol. The highest BCUT2D eigenvalue weighted by molar-refractivity contribution is 5.66. The van der Waals surface area contributed by atoms with E-state index < -0.39 is 5.82 Å². The van der Waals surface area contributed by atoms with Gasteiger partial charge in [-0.05, 0) is 19.9 Å². The maximum Gasteiger partial charge on any atom is 0.142 e. The van der Waals surface area contributed by atoms with E-state index in [0.29, 0.717) is 22.9 Å². The van der Waals surface area contributed by atoms with Crippen LogP contribution in [-0.2, 0) is 0 Å². The molecule has 2 N–H and O–H groups in total. The number of nitrogens with zero attached hydrogens (tertiary/aromatic N) is 3. The summed E-state index contributed by atoms with van der Waals surface area (Å²) in [6.45, 7) is 3.54. The van der Waals surface area contributed by atoms with Crippen LogP contribution < -0.4 is 5.73 Å². The van der Waals surface area contributed by atoms with Crippen LogP contribution in [0, 0.1) is 19.7 Å². The molecule has 2 aromatic rings. The standard InChI is InChI=1S/C11H11FN4/c1-6-10(15-7(2)16-11(6)13)8-3-9(12)5-14-4-8/h3-5H,1-2H3,(H2,13,15,16). The Labute approximate surface area is 92.4 Å². The summed E-state index contributed by atoms with van der Waals surface area (Å²) in [5, 5.41) is 0. The number of aromatic nitrogens is 3. The van der Waals surface area contributed by atoms with Crippen LogP contribution in [0.1, 0.15) is 11.4 Å². The highest BCUT2D eigenvalue weighted by atomic mass is 19.1. The number of rotatable bonds is 1. The zero-order chi connectivity index (χ0) is 11.7. The number of nitrogens with two attached hydrogens (primary N) is 1. The zero-order valence-electron chi connectivity index (χ0n) is 9.03. The van der Waals surface area contributed by atoms with Gasteiger partial charge in [-0.15, -0.1) is 0 Å². The topological polar surface area (TPSA) is 64.7 Å². The van der Waals surface area contributed by atoms with Crippen molar-refractivity contribution in [2.45, 2.75) is 13.8 Å². The zero-order valence-corrected chi connectivity index (χ0v) is 9.03. The molecule has 16 heavy (non-hydrogen) atoms. The smallest absolute Gasteiger partial charge is 0.142 e. The van der Waals surface area contributed by atoms with E-state index in [0.717, 1.165) is 11.8 Å². The monoisotopic (exact) mass is 218 g/mol. The van der Waals surface area contributed by atoms with Crippen molar-refractivity contribution in [3.8, 4) is 11.3 Å². The molecule has 0 aliphatic carbocycles. The van der Waals surface area contributed by atoms with E-state index in [9.17, 15) is 4.39 Å². The molecule has 2 rings (SSSR count). The molecule has 82 valence electrons. The summed E-state index contributed by atoms with van der Waals surface area (Å²) in [4.78, 5) is 12.1. The quantitative estimate of drug-likeness (QED) is 0.793. The van der Waals surface area contributed by atoms with Crippen LogP contribution in [0.4, 0.5) is 10.2 Å². The Kier molecular flexibility index (Phi) is 2.52. The lowest BCUT2D eigenvalue weighted by atomic mass is 10.1. The van der Waals surface area contributed by atoms with Crippen molar-refractivity contribution < 1.29 is 4.39 Å². The molecular formula is C11H11FN4. The van der Waals surface area contributed by atoms with Gasteiger partial charge in [-0.2, -0.15) is 0 Å². The first-order chi connectivity index (χ1) is 7.58. The molecule has 0 spiro atoms. The van der Waals surface area contributed by atoms with Gasteiger partial charge < -0.3 is 5.73 Å². The molecule has 5 heteroatoms. The Morgan fingerprint density at radius 2 is 1.94 bits per heavy atom. The Morgan fingerprint density at radius 1 is 1.19 bits per heavy atom. The summed E-state index contributed by atoms with van der Waals surface area (Å²) in [6, 6.07) is 1.38. The highest BCUT2D eigenvalue weighted by Gasteiger charge is 2.09.